The third kappa shape index (κ3) is 34.3. The predicted octanol–water partition coefficient (Wildman–Crippen LogP) is 27.7. The first kappa shape index (κ1) is 84.9. The van der Waals surface area contributed by atoms with Crippen LogP contribution in [-0.2, 0) is 32.1 Å². The summed E-state index contributed by atoms with van der Waals surface area (Å²) in [7, 11) is 0. The molecule has 0 heterocycles. The van der Waals surface area contributed by atoms with Crippen molar-refractivity contribution in [3.05, 3.63) is 149 Å². The van der Waals surface area contributed by atoms with Gasteiger partial charge in [-0.3, -0.25) is 23.5 Å². The van der Waals surface area contributed by atoms with E-state index >= 15 is 0 Å². The van der Waals surface area contributed by atoms with Crippen molar-refractivity contribution in [1.29, 1.82) is 0 Å². The Balaban J connectivity index is 0.000000555. The molecular weight excluding hydrogens is 1220 g/mol. The Labute approximate surface area is 574 Å². The van der Waals surface area contributed by atoms with Crippen LogP contribution in [0.3, 0.4) is 0 Å². The molecule has 0 nitrogen and oxygen atoms in total. The van der Waals surface area contributed by atoms with Gasteiger partial charge in [-0.05, 0) is 212 Å². The van der Waals surface area contributed by atoms with Crippen LogP contribution in [0.15, 0.2) is 146 Å². The zero-order chi connectivity index (χ0) is 60.4. The van der Waals surface area contributed by atoms with E-state index in [1.165, 1.54) is 253 Å². The van der Waals surface area contributed by atoms with Gasteiger partial charge in [0.1, 0.15) is 0 Å². The van der Waals surface area contributed by atoms with Gasteiger partial charge in [0.05, 0.1) is 0 Å². The van der Waals surface area contributed by atoms with Crippen molar-refractivity contribution in [1.82, 2.24) is 0 Å². The number of rotatable bonds is 20. The maximum atomic E-state index is 5.11. The number of hydrogen-bond donors (Lipinski definition) is 0. The van der Waals surface area contributed by atoms with E-state index in [9.17, 15) is 0 Å². The highest BCUT2D eigenvalue weighted by Gasteiger charge is 2.24. The molecule has 0 atom stereocenters. The van der Waals surface area contributed by atoms with Crippen LogP contribution in [0.2, 0.25) is 0 Å². The highest BCUT2D eigenvalue weighted by molar-refractivity contribution is 7.81. The molecule has 0 spiro atoms. The monoisotopic (exact) mass is 1340 g/mol. The van der Waals surface area contributed by atoms with E-state index in [0.717, 1.165) is 83.7 Å². The maximum absolute atomic E-state index is 5.11. The first-order valence-electron chi connectivity index (χ1n) is 35.2. The predicted molar refractivity (Wildman–Crippen MR) is 394 cm³/mol. The van der Waals surface area contributed by atoms with Crippen LogP contribution in [0.5, 0.6) is 0 Å². The maximum Gasteiger partial charge on any atom is 0.0377 e. The number of hydrogen-bond acceptors (Lipinski definition) is 0. The van der Waals surface area contributed by atoms with Crippen molar-refractivity contribution in [2.45, 2.75) is 284 Å². The van der Waals surface area contributed by atoms with Gasteiger partial charge in [-0.25, -0.2) is 0 Å². The van der Waals surface area contributed by atoms with Crippen LogP contribution >= 0.6 is 63.1 Å². The van der Waals surface area contributed by atoms with Crippen LogP contribution in [-0.4, -0.2) is 0 Å². The molecule has 5 aromatic carbocycles. The van der Waals surface area contributed by atoms with Crippen LogP contribution < -0.4 is 0 Å². The largest absolute Gasteiger partial charge is 0.269 e. The van der Waals surface area contributed by atoms with E-state index in [0.29, 0.717) is 0 Å². The summed E-state index contributed by atoms with van der Waals surface area (Å²) in [5.74, 6) is 9.96. The highest BCUT2D eigenvalue weighted by Crippen LogP contribution is 2.37. The van der Waals surface area contributed by atoms with E-state index < -0.39 is 0 Å². The fourth-order valence-electron chi connectivity index (χ4n) is 14.8. The van der Waals surface area contributed by atoms with Gasteiger partial charge in [-0.1, -0.05) is 319 Å². The Kier molecular flexibility index (Phi) is 46.6. The van der Waals surface area contributed by atoms with Crippen LogP contribution in [0.1, 0.15) is 255 Å². The summed E-state index contributed by atoms with van der Waals surface area (Å²) in [6.07, 6.45) is 49.1. The Morgan fingerprint density at radius 1 is 0.200 bits per heavy atom. The summed E-state index contributed by atoms with van der Waals surface area (Å²) >= 11 is 25.5. The number of benzene rings is 5. The fourth-order valence-corrected chi connectivity index (χ4v) is 15.5. The van der Waals surface area contributed by atoms with E-state index in [2.05, 4.69) is 156 Å². The third-order valence-corrected chi connectivity index (χ3v) is 22.9. The standard InChI is InChI=1S/5C16H23S.5FH/c5*1-2-13-3-5-14(6-4-13)7-8-15-9-11-16(17)12-10-15;;;;;/h5*9-14H,2-8H2,1H3;5*1H/t5*13-,14-;;;;;. The van der Waals surface area contributed by atoms with Gasteiger partial charge >= 0.3 is 0 Å². The first-order chi connectivity index (χ1) is 41.4. The third-order valence-electron chi connectivity index (χ3n) is 21.5. The molecule has 10 heteroatoms. The molecule has 5 aliphatic carbocycles. The normalized spacial score (nSPS) is 23.4. The van der Waals surface area contributed by atoms with Gasteiger partial charge in [0, 0.05) is 24.5 Å². The summed E-state index contributed by atoms with van der Waals surface area (Å²) in [5.41, 5.74) is 7.27. The second kappa shape index (κ2) is 49.4. The molecule has 90 heavy (non-hydrogen) atoms. The first-order valence-corrected chi connectivity index (χ1v) is 37.2. The van der Waals surface area contributed by atoms with Gasteiger partial charge in [-0.15, -0.1) is 0 Å². The second-order valence-electron chi connectivity index (χ2n) is 27.4. The van der Waals surface area contributed by atoms with Gasteiger partial charge in [0.25, 0.3) is 0 Å². The van der Waals surface area contributed by atoms with Gasteiger partial charge in [0.2, 0.25) is 0 Å². The zero-order valence-electron chi connectivity index (χ0n) is 56.2. The SMILES string of the molecule is CC[C@H]1CC[C@H](CCc2ccc([S])cc2)CC1.CC[C@H]1CC[C@H](CCc2ccc([S])cc2)CC1.CC[C@H]1CC[C@H](CCc2ccc([S])cc2)CC1.CC[C@H]1CC[C@H](CCc2ccc([S])cc2)CC1.CC[C@H]1CC[C@H](CCc2ccc([S])cc2)CC1.F.F.F.F.F. The Hall–Kier alpha value is -3.15. The molecule has 5 aromatic rings. The fraction of sp³-hybridized carbons (Fsp3) is 0.625. The molecule has 0 amide bonds. The molecule has 0 bridgehead atoms. The summed E-state index contributed by atoms with van der Waals surface area (Å²) in [5, 5.41) is 0. The van der Waals surface area contributed by atoms with E-state index in [4.69, 9.17) is 63.1 Å². The van der Waals surface area contributed by atoms with E-state index in [1.807, 2.05) is 0 Å². The van der Waals surface area contributed by atoms with Crippen LogP contribution in [0.25, 0.3) is 0 Å². The molecule has 0 unspecified atom stereocenters. The molecular formula is C80H120F5S5. The van der Waals surface area contributed by atoms with E-state index in [-0.39, 0.29) is 23.5 Å². The van der Waals surface area contributed by atoms with Crippen molar-refractivity contribution in [2.75, 3.05) is 0 Å². The van der Waals surface area contributed by atoms with Crippen LogP contribution in [0, 0.1) is 59.2 Å². The van der Waals surface area contributed by atoms with Gasteiger partial charge in [-0.2, -0.15) is 0 Å². The lowest BCUT2D eigenvalue weighted by Crippen LogP contribution is -2.14. The van der Waals surface area contributed by atoms with Gasteiger partial charge in [0.15, 0.2) is 0 Å². The highest BCUT2D eigenvalue weighted by atomic mass is 32.1. The second-order valence-corrected chi connectivity index (χ2v) is 29.7. The molecule has 5 saturated carbocycles. The summed E-state index contributed by atoms with van der Waals surface area (Å²) in [6.45, 7) is 11.7. The molecule has 5 radical (unpaired) electrons. The topological polar surface area (TPSA) is 0 Å². The lowest BCUT2D eigenvalue weighted by Gasteiger charge is -2.27. The Morgan fingerprint density at radius 3 is 0.422 bits per heavy atom. The average molecular weight is 1340 g/mol. The molecule has 5 fully saturated rings. The minimum atomic E-state index is 0. The van der Waals surface area contributed by atoms with Crippen molar-refractivity contribution in [2.24, 2.45) is 59.2 Å². The Morgan fingerprint density at radius 2 is 0.311 bits per heavy atom. The molecule has 505 valence electrons. The minimum absolute atomic E-state index is 0. The smallest absolute Gasteiger partial charge is 0.0377 e. The average Bonchev–Trinajstić information content (AvgIpc) is 3.65. The van der Waals surface area contributed by atoms with Crippen LogP contribution in [0.4, 0.5) is 23.5 Å². The lowest BCUT2D eigenvalue weighted by molar-refractivity contribution is 0.259. The van der Waals surface area contributed by atoms with Crippen molar-refractivity contribution in [3.63, 3.8) is 0 Å². The molecule has 0 N–H and O–H groups in total. The van der Waals surface area contributed by atoms with E-state index in [1.54, 1.807) is 0 Å². The molecule has 5 aliphatic rings. The van der Waals surface area contributed by atoms with Crippen molar-refractivity contribution >= 4 is 63.1 Å². The molecule has 0 saturated heterocycles. The molecule has 10 rings (SSSR count). The van der Waals surface area contributed by atoms with Crippen molar-refractivity contribution in [3.8, 4) is 0 Å². The Bertz CT molecular complexity index is 2030. The summed E-state index contributed by atoms with van der Waals surface area (Å²) < 4.78 is 0. The number of halogens is 5. The summed E-state index contributed by atoms with van der Waals surface area (Å²) in [6, 6.07) is 42.5. The lowest BCUT2D eigenvalue weighted by atomic mass is 9.78. The quantitative estimate of drug-likeness (QED) is 0.0682. The van der Waals surface area contributed by atoms with Gasteiger partial charge < -0.3 is 0 Å². The number of aryl methyl sites for hydroxylation is 5. The molecule has 0 aliphatic heterocycles. The summed E-state index contributed by atoms with van der Waals surface area (Å²) in [4.78, 5) is 4.78. The van der Waals surface area contributed by atoms with Crippen molar-refractivity contribution < 1.29 is 23.5 Å². The zero-order valence-corrected chi connectivity index (χ0v) is 60.2. The minimum Gasteiger partial charge on any atom is -0.269 e. The molecule has 0 aromatic heterocycles.